The third-order valence-electron chi connectivity index (χ3n) is 6.62. The second kappa shape index (κ2) is 8.78. The Morgan fingerprint density at radius 3 is 2.43 bits per heavy atom. The van der Waals surface area contributed by atoms with Crippen LogP contribution in [0.1, 0.15) is 31.4 Å². The first-order valence-corrected chi connectivity index (χ1v) is 11.0. The quantitative estimate of drug-likeness (QED) is 0.795. The van der Waals surface area contributed by atoms with Crippen molar-refractivity contribution < 1.29 is 9.53 Å². The van der Waals surface area contributed by atoms with Crippen LogP contribution in [-0.4, -0.2) is 45.7 Å². The van der Waals surface area contributed by atoms with Crippen LogP contribution in [0.15, 0.2) is 48.5 Å². The summed E-state index contributed by atoms with van der Waals surface area (Å²) in [6.45, 7) is 8.95. The molecule has 30 heavy (non-hydrogen) atoms. The molecule has 160 valence electrons. The number of carbonyl (C=O) groups excluding carboxylic acids is 1. The van der Waals surface area contributed by atoms with Gasteiger partial charge in [0.15, 0.2) is 0 Å². The fourth-order valence-electron chi connectivity index (χ4n) is 4.51. The summed E-state index contributed by atoms with van der Waals surface area (Å²) in [5, 5.41) is 3.41. The number of rotatable bonds is 6. The summed E-state index contributed by atoms with van der Waals surface area (Å²) in [6, 6.07) is 16.8. The molecule has 2 aromatic carbocycles. The van der Waals surface area contributed by atoms with Crippen LogP contribution in [-0.2, 0) is 21.6 Å². The predicted octanol–water partition coefficient (Wildman–Crippen LogP) is 3.57. The van der Waals surface area contributed by atoms with Crippen molar-refractivity contribution >= 4 is 17.3 Å². The molecule has 0 spiro atoms. The summed E-state index contributed by atoms with van der Waals surface area (Å²) in [7, 11) is 1.72. The Hall–Kier alpha value is -2.37. The van der Waals surface area contributed by atoms with E-state index in [-0.39, 0.29) is 17.4 Å². The van der Waals surface area contributed by atoms with E-state index in [1.807, 2.05) is 17.0 Å². The van der Waals surface area contributed by atoms with Crippen molar-refractivity contribution in [2.24, 2.45) is 5.92 Å². The Morgan fingerprint density at radius 1 is 1.03 bits per heavy atom. The summed E-state index contributed by atoms with van der Waals surface area (Å²) in [4.78, 5) is 17.6. The smallest absolute Gasteiger partial charge is 0.230 e. The summed E-state index contributed by atoms with van der Waals surface area (Å²) < 4.78 is 5.57. The maximum absolute atomic E-state index is 13.2. The fraction of sp³-hybridized carbons (Fsp3) is 0.480. The summed E-state index contributed by atoms with van der Waals surface area (Å²) >= 11 is 0. The Balaban J connectivity index is 1.47. The molecular weight excluding hydrogens is 374 g/mol. The van der Waals surface area contributed by atoms with E-state index in [9.17, 15) is 4.79 Å². The minimum atomic E-state index is -0.330. The lowest BCUT2D eigenvalue weighted by atomic mass is 9.96. The third kappa shape index (κ3) is 4.23. The molecule has 0 saturated carbocycles. The van der Waals surface area contributed by atoms with Crippen molar-refractivity contribution in [1.29, 1.82) is 0 Å². The van der Waals surface area contributed by atoms with Crippen LogP contribution in [0.5, 0.6) is 0 Å². The topological polar surface area (TPSA) is 44.8 Å². The van der Waals surface area contributed by atoms with Gasteiger partial charge in [-0.05, 0) is 56.0 Å². The van der Waals surface area contributed by atoms with Gasteiger partial charge in [-0.15, -0.1) is 0 Å². The van der Waals surface area contributed by atoms with Crippen LogP contribution in [0.3, 0.4) is 0 Å². The number of anilines is 2. The van der Waals surface area contributed by atoms with E-state index < -0.39 is 0 Å². The first-order valence-electron chi connectivity index (χ1n) is 11.0. The van der Waals surface area contributed by atoms with Crippen molar-refractivity contribution in [2.45, 2.75) is 32.3 Å². The van der Waals surface area contributed by atoms with E-state index in [4.69, 9.17) is 4.74 Å². The summed E-state index contributed by atoms with van der Waals surface area (Å²) in [5.74, 6) is 0.285. The second-order valence-electron chi connectivity index (χ2n) is 8.81. The van der Waals surface area contributed by atoms with Crippen molar-refractivity contribution in [3.05, 3.63) is 59.7 Å². The van der Waals surface area contributed by atoms with Gasteiger partial charge in [0.2, 0.25) is 5.91 Å². The van der Waals surface area contributed by atoms with Gasteiger partial charge in [-0.3, -0.25) is 4.79 Å². The Bertz CT molecular complexity index is 872. The van der Waals surface area contributed by atoms with Crippen molar-refractivity contribution in [3.63, 3.8) is 0 Å². The van der Waals surface area contributed by atoms with Gasteiger partial charge in [-0.2, -0.15) is 0 Å². The van der Waals surface area contributed by atoms with Gasteiger partial charge < -0.3 is 19.9 Å². The molecule has 2 aromatic rings. The van der Waals surface area contributed by atoms with E-state index in [0.717, 1.165) is 56.8 Å². The lowest BCUT2D eigenvalue weighted by molar-refractivity contribution is -0.120. The number of methoxy groups -OCH3 is 1. The van der Waals surface area contributed by atoms with Gasteiger partial charge in [-0.1, -0.05) is 30.3 Å². The van der Waals surface area contributed by atoms with Crippen LogP contribution >= 0.6 is 0 Å². The van der Waals surface area contributed by atoms with E-state index >= 15 is 0 Å². The van der Waals surface area contributed by atoms with Gasteiger partial charge in [0.25, 0.3) is 0 Å². The molecule has 2 aliphatic heterocycles. The molecule has 4 rings (SSSR count). The van der Waals surface area contributed by atoms with Gasteiger partial charge in [0.1, 0.15) is 0 Å². The molecule has 0 aromatic heterocycles. The molecule has 2 fully saturated rings. The number of nitrogens with one attached hydrogen (secondary N) is 1. The highest BCUT2D eigenvalue weighted by Gasteiger charge is 2.33. The van der Waals surface area contributed by atoms with Gasteiger partial charge in [0.05, 0.1) is 5.60 Å². The van der Waals surface area contributed by atoms with Crippen LogP contribution in [0.4, 0.5) is 11.4 Å². The van der Waals surface area contributed by atoms with E-state index in [2.05, 4.69) is 60.5 Å². The van der Waals surface area contributed by atoms with Crippen molar-refractivity contribution in [3.8, 4) is 0 Å². The SMILES string of the molecule is COC(C)(C)c1ccc(N2CC[C@H](Cc3ccccc3N3CCNCC3)C2=O)cc1. The van der Waals surface area contributed by atoms with E-state index in [1.54, 1.807) is 7.11 Å². The zero-order valence-corrected chi connectivity index (χ0v) is 18.4. The number of ether oxygens (including phenoxy) is 1. The molecule has 0 radical (unpaired) electrons. The Morgan fingerprint density at radius 2 is 1.73 bits per heavy atom. The molecule has 2 saturated heterocycles. The number of carbonyl (C=O) groups is 1. The fourth-order valence-corrected chi connectivity index (χ4v) is 4.51. The van der Waals surface area contributed by atoms with Crippen LogP contribution in [0.25, 0.3) is 0 Å². The van der Waals surface area contributed by atoms with Crippen molar-refractivity contribution in [2.75, 3.05) is 49.6 Å². The number of para-hydroxylation sites is 1. The minimum absolute atomic E-state index is 0.0455. The normalized spacial score (nSPS) is 20.1. The molecule has 1 amide bonds. The van der Waals surface area contributed by atoms with Crippen LogP contribution < -0.4 is 15.1 Å². The number of piperazine rings is 1. The van der Waals surface area contributed by atoms with Gasteiger partial charge in [-0.25, -0.2) is 0 Å². The van der Waals surface area contributed by atoms with Gasteiger partial charge >= 0.3 is 0 Å². The Labute approximate surface area is 180 Å². The Kier molecular flexibility index (Phi) is 6.11. The number of benzene rings is 2. The zero-order valence-electron chi connectivity index (χ0n) is 18.4. The minimum Gasteiger partial charge on any atom is -0.374 e. The highest BCUT2D eigenvalue weighted by molar-refractivity contribution is 5.97. The maximum atomic E-state index is 13.2. The van der Waals surface area contributed by atoms with E-state index in [1.165, 1.54) is 11.3 Å². The highest BCUT2D eigenvalue weighted by Crippen LogP contribution is 2.32. The number of hydrogen-bond donors (Lipinski definition) is 1. The molecule has 0 aliphatic carbocycles. The van der Waals surface area contributed by atoms with Crippen LogP contribution in [0, 0.1) is 5.92 Å². The van der Waals surface area contributed by atoms with Crippen LogP contribution in [0.2, 0.25) is 0 Å². The first kappa shape index (κ1) is 20.9. The van der Waals surface area contributed by atoms with E-state index in [0.29, 0.717) is 0 Å². The molecule has 2 heterocycles. The van der Waals surface area contributed by atoms with Crippen molar-refractivity contribution in [1.82, 2.24) is 5.32 Å². The molecule has 1 atom stereocenters. The lowest BCUT2D eigenvalue weighted by Gasteiger charge is -2.31. The predicted molar refractivity (Wildman–Crippen MR) is 122 cm³/mol. The molecule has 1 N–H and O–H groups in total. The highest BCUT2D eigenvalue weighted by atomic mass is 16.5. The standard InChI is InChI=1S/C25H33N3O2/c1-25(2,30-3)21-8-10-22(11-9-21)28-15-12-20(24(28)29)18-19-6-4-5-7-23(19)27-16-13-26-14-17-27/h4-11,20,26H,12-18H2,1-3H3/t20-/m1/s1. The first-order chi connectivity index (χ1) is 14.5. The molecular formula is C25H33N3O2. The largest absolute Gasteiger partial charge is 0.374 e. The average molecular weight is 408 g/mol. The lowest BCUT2D eigenvalue weighted by Crippen LogP contribution is -2.44. The molecule has 0 bridgehead atoms. The number of hydrogen-bond acceptors (Lipinski definition) is 4. The summed E-state index contributed by atoms with van der Waals surface area (Å²) in [5.41, 5.74) is 4.34. The average Bonchev–Trinajstić information content (AvgIpc) is 3.15. The zero-order chi connectivity index (χ0) is 21.1. The number of amides is 1. The van der Waals surface area contributed by atoms with Gasteiger partial charge in [0, 0.05) is 57.1 Å². The molecule has 2 aliphatic rings. The maximum Gasteiger partial charge on any atom is 0.230 e. The molecule has 0 unspecified atom stereocenters. The number of nitrogens with zero attached hydrogens (tertiary/aromatic N) is 2. The second-order valence-corrected chi connectivity index (χ2v) is 8.81. The summed E-state index contributed by atoms with van der Waals surface area (Å²) in [6.07, 6.45) is 1.71. The monoisotopic (exact) mass is 407 g/mol. The molecule has 5 nitrogen and oxygen atoms in total. The third-order valence-corrected chi connectivity index (χ3v) is 6.62. The molecule has 5 heteroatoms.